The first-order chi connectivity index (χ1) is 7.69. The SMILES string of the molecule is CCCNC(CCC)c1cc(F)ccc1F. The molecule has 0 aliphatic rings. The fourth-order valence-electron chi connectivity index (χ4n) is 1.76. The van der Waals surface area contributed by atoms with E-state index in [0.717, 1.165) is 31.9 Å². The van der Waals surface area contributed by atoms with Crippen molar-refractivity contribution in [3.05, 3.63) is 35.4 Å². The highest BCUT2D eigenvalue weighted by molar-refractivity contribution is 5.22. The summed E-state index contributed by atoms with van der Waals surface area (Å²) in [5, 5.41) is 3.25. The number of nitrogens with one attached hydrogen (secondary N) is 1. The molecule has 0 aromatic heterocycles. The van der Waals surface area contributed by atoms with E-state index >= 15 is 0 Å². The second-order valence-corrected chi connectivity index (χ2v) is 3.96. The molecule has 1 atom stereocenters. The molecule has 0 aliphatic carbocycles. The molecule has 0 spiro atoms. The van der Waals surface area contributed by atoms with Crippen molar-refractivity contribution in [2.24, 2.45) is 0 Å². The second kappa shape index (κ2) is 6.59. The maximum atomic E-state index is 13.6. The standard InChI is InChI=1S/C13H19F2N/c1-3-5-13(16-8-4-2)11-9-10(14)6-7-12(11)15/h6-7,9,13,16H,3-5,8H2,1-2H3. The van der Waals surface area contributed by atoms with Crippen molar-refractivity contribution >= 4 is 0 Å². The van der Waals surface area contributed by atoms with E-state index in [2.05, 4.69) is 12.2 Å². The van der Waals surface area contributed by atoms with Gasteiger partial charge >= 0.3 is 0 Å². The van der Waals surface area contributed by atoms with Crippen molar-refractivity contribution in [2.45, 2.75) is 39.2 Å². The molecule has 0 saturated carbocycles. The summed E-state index contributed by atoms with van der Waals surface area (Å²) in [6.07, 6.45) is 2.74. The van der Waals surface area contributed by atoms with Crippen molar-refractivity contribution in [1.82, 2.24) is 5.32 Å². The lowest BCUT2D eigenvalue weighted by molar-refractivity contribution is 0.465. The summed E-state index contributed by atoms with van der Waals surface area (Å²) in [5.41, 5.74) is 0.440. The Kier molecular flexibility index (Phi) is 5.39. The van der Waals surface area contributed by atoms with Gasteiger partial charge in [0.2, 0.25) is 0 Å². The van der Waals surface area contributed by atoms with E-state index in [1.54, 1.807) is 0 Å². The first-order valence-electron chi connectivity index (χ1n) is 5.87. The predicted molar refractivity (Wildman–Crippen MR) is 62.3 cm³/mol. The third kappa shape index (κ3) is 3.56. The Morgan fingerprint density at radius 3 is 2.56 bits per heavy atom. The third-order valence-electron chi connectivity index (χ3n) is 2.55. The zero-order valence-corrected chi connectivity index (χ0v) is 9.89. The van der Waals surface area contributed by atoms with Crippen LogP contribution in [0.2, 0.25) is 0 Å². The first kappa shape index (κ1) is 13.1. The summed E-state index contributed by atoms with van der Waals surface area (Å²) >= 11 is 0. The van der Waals surface area contributed by atoms with Gasteiger partial charge in [-0.3, -0.25) is 0 Å². The van der Waals surface area contributed by atoms with Crippen molar-refractivity contribution in [3.8, 4) is 0 Å². The van der Waals surface area contributed by atoms with Crippen LogP contribution in [0.15, 0.2) is 18.2 Å². The molecule has 0 bridgehead atoms. The lowest BCUT2D eigenvalue weighted by Crippen LogP contribution is -2.23. The van der Waals surface area contributed by atoms with E-state index in [-0.39, 0.29) is 17.7 Å². The molecule has 0 heterocycles. The normalized spacial score (nSPS) is 12.8. The van der Waals surface area contributed by atoms with Gasteiger partial charge in [0.1, 0.15) is 11.6 Å². The molecule has 0 aliphatic heterocycles. The number of hydrogen-bond donors (Lipinski definition) is 1. The molecule has 90 valence electrons. The van der Waals surface area contributed by atoms with Crippen LogP contribution in [0, 0.1) is 11.6 Å². The highest BCUT2D eigenvalue weighted by Crippen LogP contribution is 2.22. The molecule has 0 fully saturated rings. The lowest BCUT2D eigenvalue weighted by atomic mass is 10.0. The average molecular weight is 227 g/mol. The number of rotatable bonds is 6. The Hall–Kier alpha value is -0.960. The van der Waals surface area contributed by atoms with Crippen LogP contribution in [0.4, 0.5) is 8.78 Å². The summed E-state index contributed by atoms with van der Waals surface area (Å²) in [6.45, 7) is 4.91. The quantitative estimate of drug-likeness (QED) is 0.779. The van der Waals surface area contributed by atoms with E-state index in [0.29, 0.717) is 5.56 Å². The Morgan fingerprint density at radius 2 is 1.94 bits per heavy atom. The lowest BCUT2D eigenvalue weighted by Gasteiger charge is -2.18. The highest BCUT2D eigenvalue weighted by atomic mass is 19.1. The molecule has 0 radical (unpaired) electrons. The van der Waals surface area contributed by atoms with Gasteiger partial charge in [0.25, 0.3) is 0 Å². The van der Waals surface area contributed by atoms with Crippen molar-refractivity contribution < 1.29 is 8.78 Å². The van der Waals surface area contributed by atoms with Crippen LogP contribution in [0.1, 0.15) is 44.7 Å². The maximum absolute atomic E-state index is 13.6. The summed E-state index contributed by atoms with van der Waals surface area (Å²) in [6, 6.07) is 3.56. The summed E-state index contributed by atoms with van der Waals surface area (Å²) in [4.78, 5) is 0. The van der Waals surface area contributed by atoms with Gasteiger partial charge in [0, 0.05) is 11.6 Å². The minimum atomic E-state index is -0.379. The van der Waals surface area contributed by atoms with E-state index in [9.17, 15) is 8.78 Å². The van der Waals surface area contributed by atoms with E-state index in [4.69, 9.17) is 0 Å². The number of halogens is 2. The van der Waals surface area contributed by atoms with Crippen LogP contribution < -0.4 is 5.32 Å². The molecule has 1 rings (SSSR count). The van der Waals surface area contributed by atoms with Crippen LogP contribution in [-0.2, 0) is 0 Å². The Morgan fingerprint density at radius 1 is 1.19 bits per heavy atom. The van der Waals surface area contributed by atoms with Gasteiger partial charge in [-0.1, -0.05) is 20.3 Å². The van der Waals surface area contributed by atoms with Gasteiger partial charge in [-0.05, 0) is 37.6 Å². The molecule has 0 saturated heterocycles. The highest BCUT2D eigenvalue weighted by Gasteiger charge is 2.14. The topological polar surface area (TPSA) is 12.0 Å². The largest absolute Gasteiger partial charge is 0.310 e. The first-order valence-corrected chi connectivity index (χ1v) is 5.87. The van der Waals surface area contributed by atoms with Crippen LogP contribution in [0.5, 0.6) is 0 Å². The zero-order chi connectivity index (χ0) is 12.0. The molecule has 3 heteroatoms. The Labute approximate surface area is 95.9 Å². The molecule has 1 N–H and O–H groups in total. The maximum Gasteiger partial charge on any atom is 0.128 e. The fourth-order valence-corrected chi connectivity index (χ4v) is 1.76. The Bertz CT molecular complexity index is 326. The van der Waals surface area contributed by atoms with Gasteiger partial charge in [0.15, 0.2) is 0 Å². The van der Waals surface area contributed by atoms with Crippen molar-refractivity contribution in [1.29, 1.82) is 0 Å². The molecule has 1 unspecified atom stereocenters. The molecule has 1 aromatic rings. The van der Waals surface area contributed by atoms with Gasteiger partial charge in [0.05, 0.1) is 0 Å². The zero-order valence-electron chi connectivity index (χ0n) is 9.89. The summed E-state index contributed by atoms with van der Waals surface area (Å²) in [5.74, 6) is -0.709. The smallest absolute Gasteiger partial charge is 0.128 e. The predicted octanol–water partition coefficient (Wildman–Crippen LogP) is 3.81. The molecule has 1 nitrogen and oxygen atoms in total. The minimum Gasteiger partial charge on any atom is -0.310 e. The molecule has 0 amide bonds. The van der Waals surface area contributed by atoms with E-state index in [1.165, 1.54) is 12.1 Å². The van der Waals surface area contributed by atoms with Gasteiger partial charge in [-0.15, -0.1) is 0 Å². The molecular weight excluding hydrogens is 208 g/mol. The average Bonchev–Trinajstić information content (AvgIpc) is 2.28. The Balaban J connectivity index is 2.85. The van der Waals surface area contributed by atoms with Crippen molar-refractivity contribution in [3.63, 3.8) is 0 Å². The monoisotopic (exact) mass is 227 g/mol. The summed E-state index contributed by atoms with van der Waals surface area (Å²) < 4.78 is 26.6. The number of benzene rings is 1. The summed E-state index contributed by atoms with van der Waals surface area (Å²) in [7, 11) is 0. The third-order valence-corrected chi connectivity index (χ3v) is 2.55. The van der Waals surface area contributed by atoms with Crippen LogP contribution in [0.3, 0.4) is 0 Å². The molecular formula is C13H19F2N. The molecule has 1 aromatic carbocycles. The van der Waals surface area contributed by atoms with Gasteiger partial charge < -0.3 is 5.32 Å². The van der Waals surface area contributed by atoms with Gasteiger partial charge in [-0.25, -0.2) is 8.78 Å². The minimum absolute atomic E-state index is 0.0827. The van der Waals surface area contributed by atoms with E-state index in [1.807, 2.05) is 6.92 Å². The van der Waals surface area contributed by atoms with Crippen LogP contribution >= 0.6 is 0 Å². The fraction of sp³-hybridized carbons (Fsp3) is 0.538. The van der Waals surface area contributed by atoms with Crippen molar-refractivity contribution in [2.75, 3.05) is 6.54 Å². The van der Waals surface area contributed by atoms with Gasteiger partial charge in [-0.2, -0.15) is 0 Å². The second-order valence-electron chi connectivity index (χ2n) is 3.96. The van der Waals surface area contributed by atoms with Crippen LogP contribution in [0.25, 0.3) is 0 Å². The van der Waals surface area contributed by atoms with E-state index < -0.39 is 0 Å². The van der Waals surface area contributed by atoms with Crippen LogP contribution in [-0.4, -0.2) is 6.54 Å². The number of hydrogen-bond acceptors (Lipinski definition) is 1. The molecule has 16 heavy (non-hydrogen) atoms.